The molecule has 4 rings (SSSR count). The van der Waals surface area contributed by atoms with E-state index in [2.05, 4.69) is 25.6 Å². The molecule has 0 aliphatic heterocycles. The first-order valence-corrected chi connectivity index (χ1v) is 12.9. The standard InChI is InChI=1S/C28H32FN7O2/c29-23-13-20(8-9-21(23)15-31)25-17-34-27(35-25)24(36-28(38)19-6-4-18(14-30)5-7-19)10-11-26(37)33-16-22-3-1-2-12-32-22/h1-3,8-9,12-13,17-19,24H,4-7,10-11,14,16,30H2,(H,33,37)(H,34,35)(H,36,38)/t18-,19-,24-/m0/s1. The van der Waals surface area contributed by atoms with E-state index in [4.69, 9.17) is 11.0 Å². The van der Waals surface area contributed by atoms with Crippen molar-refractivity contribution in [2.75, 3.05) is 6.54 Å². The Morgan fingerprint density at radius 2 is 2.00 bits per heavy atom. The van der Waals surface area contributed by atoms with Crippen molar-refractivity contribution in [2.45, 2.75) is 51.1 Å². The molecular formula is C28H32FN7O2. The zero-order valence-electron chi connectivity index (χ0n) is 21.1. The summed E-state index contributed by atoms with van der Waals surface area (Å²) in [6.45, 7) is 0.950. The molecule has 0 unspecified atom stereocenters. The number of nitriles is 1. The molecule has 2 aromatic heterocycles. The molecule has 1 atom stereocenters. The summed E-state index contributed by atoms with van der Waals surface area (Å²) in [4.78, 5) is 37.5. The first-order valence-electron chi connectivity index (χ1n) is 12.9. The van der Waals surface area contributed by atoms with Crippen molar-refractivity contribution < 1.29 is 14.0 Å². The SMILES string of the molecule is N#Cc1ccc(-c2cnc([C@H](CCC(=O)NCc3ccccn3)NC(=O)[C@H]3CC[C@H](CN)CC3)[nH]2)cc1F. The van der Waals surface area contributed by atoms with Gasteiger partial charge in [0.25, 0.3) is 0 Å². The van der Waals surface area contributed by atoms with Crippen LogP contribution in [0.2, 0.25) is 0 Å². The van der Waals surface area contributed by atoms with Crippen LogP contribution in [0, 0.1) is 29.0 Å². The highest BCUT2D eigenvalue weighted by molar-refractivity contribution is 5.79. The minimum absolute atomic E-state index is 0.0419. The van der Waals surface area contributed by atoms with Crippen molar-refractivity contribution in [1.29, 1.82) is 5.26 Å². The lowest BCUT2D eigenvalue weighted by molar-refractivity contribution is -0.127. The maximum Gasteiger partial charge on any atom is 0.223 e. The molecule has 1 aromatic carbocycles. The smallest absolute Gasteiger partial charge is 0.223 e. The summed E-state index contributed by atoms with van der Waals surface area (Å²) >= 11 is 0. The molecule has 10 heteroatoms. The molecule has 38 heavy (non-hydrogen) atoms. The van der Waals surface area contributed by atoms with Gasteiger partial charge in [0.1, 0.15) is 17.7 Å². The molecule has 9 nitrogen and oxygen atoms in total. The fourth-order valence-corrected chi connectivity index (χ4v) is 4.72. The Bertz CT molecular complexity index is 1280. The summed E-state index contributed by atoms with van der Waals surface area (Å²) < 4.78 is 14.2. The van der Waals surface area contributed by atoms with Crippen molar-refractivity contribution in [1.82, 2.24) is 25.6 Å². The number of halogens is 1. The first kappa shape index (κ1) is 26.9. The van der Waals surface area contributed by atoms with Crippen LogP contribution in [0.25, 0.3) is 11.3 Å². The predicted octanol–water partition coefficient (Wildman–Crippen LogP) is 3.50. The molecule has 2 amide bonds. The Balaban J connectivity index is 1.45. The number of nitrogens with one attached hydrogen (secondary N) is 3. The van der Waals surface area contributed by atoms with Gasteiger partial charge in [-0.05, 0) is 68.8 Å². The number of amides is 2. The molecule has 0 radical (unpaired) electrons. The zero-order valence-corrected chi connectivity index (χ0v) is 21.1. The Hall–Kier alpha value is -4.10. The van der Waals surface area contributed by atoms with Gasteiger partial charge >= 0.3 is 0 Å². The van der Waals surface area contributed by atoms with Crippen LogP contribution in [-0.2, 0) is 16.1 Å². The van der Waals surface area contributed by atoms with E-state index < -0.39 is 11.9 Å². The number of hydrogen-bond acceptors (Lipinski definition) is 6. The molecule has 1 aliphatic carbocycles. The monoisotopic (exact) mass is 517 g/mol. The second-order valence-corrected chi connectivity index (χ2v) is 9.64. The van der Waals surface area contributed by atoms with Gasteiger partial charge in [-0.3, -0.25) is 14.6 Å². The largest absolute Gasteiger partial charge is 0.350 e. The summed E-state index contributed by atoms with van der Waals surface area (Å²) in [5.74, 6) is -0.0330. The second kappa shape index (κ2) is 12.9. The quantitative estimate of drug-likeness (QED) is 0.323. The number of benzene rings is 1. The van der Waals surface area contributed by atoms with Gasteiger partial charge < -0.3 is 21.4 Å². The lowest BCUT2D eigenvalue weighted by atomic mass is 9.81. The number of nitrogens with two attached hydrogens (primary N) is 1. The van der Waals surface area contributed by atoms with E-state index >= 15 is 0 Å². The van der Waals surface area contributed by atoms with Crippen LogP contribution in [0.1, 0.15) is 61.6 Å². The highest BCUT2D eigenvalue weighted by Gasteiger charge is 2.28. The fraction of sp³-hybridized carbons (Fsp3) is 0.393. The highest BCUT2D eigenvalue weighted by atomic mass is 19.1. The van der Waals surface area contributed by atoms with Gasteiger partial charge in [0.15, 0.2) is 0 Å². The lowest BCUT2D eigenvalue weighted by Crippen LogP contribution is -2.37. The van der Waals surface area contributed by atoms with Gasteiger partial charge in [0.05, 0.1) is 35.7 Å². The first-order chi connectivity index (χ1) is 18.5. The van der Waals surface area contributed by atoms with Crippen molar-refractivity contribution in [2.24, 2.45) is 17.6 Å². The van der Waals surface area contributed by atoms with Gasteiger partial charge in [0.2, 0.25) is 11.8 Å². The average Bonchev–Trinajstić information content (AvgIpc) is 3.45. The Labute approximate surface area is 221 Å². The van der Waals surface area contributed by atoms with Crippen molar-refractivity contribution in [3.05, 3.63) is 71.7 Å². The number of pyridine rings is 1. The maximum atomic E-state index is 14.2. The topological polar surface area (TPSA) is 150 Å². The van der Waals surface area contributed by atoms with E-state index in [1.54, 1.807) is 18.5 Å². The number of aromatic amines is 1. The third-order valence-corrected chi connectivity index (χ3v) is 7.05. The van der Waals surface area contributed by atoms with Crippen molar-refractivity contribution in [3.8, 4) is 17.3 Å². The van der Waals surface area contributed by atoms with Crippen LogP contribution >= 0.6 is 0 Å². The summed E-state index contributed by atoms with van der Waals surface area (Å²) in [5.41, 5.74) is 7.58. The molecular weight excluding hydrogens is 485 g/mol. The molecule has 3 aromatic rings. The number of carbonyl (C=O) groups is 2. The van der Waals surface area contributed by atoms with Crippen molar-refractivity contribution in [3.63, 3.8) is 0 Å². The molecule has 1 saturated carbocycles. The summed E-state index contributed by atoms with van der Waals surface area (Å²) in [6, 6.07) is 11.1. The van der Waals surface area contributed by atoms with Crippen LogP contribution < -0.4 is 16.4 Å². The Morgan fingerprint density at radius 1 is 1.18 bits per heavy atom. The van der Waals surface area contributed by atoms with E-state index in [-0.39, 0.29) is 29.7 Å². The van der Waals surface area contributed by atoms with Gasteiger partial charge in [-0.2, -0.15) is 5.26 Å². The van der Waals surface area contributed by atoms with Crippen molar-refractivity contribution >= 4 is 11.8 Å². The second-order valence-electron chi connectivity index (χ2n) is 9.64. The van der Waals surface area contributed by atoms with Crippen LogP contribution in [0.5, 0.6) is 0 Å². The fourth-order valence-electron chi connectivity index (χ4n) is 4.72. The van der Waals surface area contributed by atoms with Crippen LogP contribution in [0.15, 0.2) is 48.8 Å². The van der Waals surface area contributed by atoms with E-state index in [1.807, 2.05) is 24.3 Å². The minimum atomic E-state index is -0.622. The molecule has 0 spiro atoms. The molecule has 5 N–H and O–H groups in total. The molecule has 2 heterocycles. The molecule has 1 aliphatic rings. The lowest BCUT2D eigenvalue weighted by Gasteiger charge is -2.28. The van der Waals surface area contributed by atoms with Gasteiger partial charge in [-0.25, -0.2) is 9.37 Å². The highest BCUT2D eigenvalue weighted by Crippen LogP contribution is 2.30. The maximum absolute atomic E-state index is 14.2. The van der Waals surface area contributed by atoms with E-state index in [1.165, 1.54) is 12.1 Å². The van der Waals surface area contributed by atoms with Crippen LogP contribution in [0.4, 0.5) is 4.39 Å². The molecule has 0 bridgehead atoms. The Kier molecular flexibility index (Phi) is 9.16. The summed E-state index contributed by atoms with van der Waals surface area (Å²) in [7, 11) is 0. The molecule has 0 saturated heterocycles. The number of carbonyl (C=O) groups excluding carboxylic acids is 2. The Morgan fingerprint density at radius 3 is 2.68 bits per heavy atom. The van der Waals surface area contributed by atoms with Crippen LogP contribution in [-0.4, -0.2) is 33.3 Å². The van der Waals surface area contributed by atoms with E-state index in [0.717, 1.165) is 31.4 Å². The number of nitrogens with zero attached hydrogens (tertiary/aromatic N) is 3. The van der Waals surface area contributed by atoms with E-state index in [0.29, 0.717) is 42.5 Å². The number of H-pyrrole nitrogens is 1. The van der Waals surface area contributed by atoms with Gasteiger partial charge in [-0.1, -0.05) is 12.1 Å². The number of rotatable bonds is 10. The normalized spacial score (nSPS) is 17.8. The average molecular weight is 518 g/mol. The molecule has 1 fully saturated rings. The van der Waals surface area contributed by atoms with E-state index in [9.17, 15) is 14.0 Å². The zero-order chi connectivity index (χ0) is 26.9. The van der Waals surface area contributed by atoms with Gasteiger partial charge in [-0.15, -0.1) is 0 Å². The van der Waals surface area contributed by atoms with Gasteiger partial charge in [0, 0.05) is 24.1 Å². The number of imidazole rings is 1. The molecule has 198 valence electrons. The predicted molar refractivity (Wildman–Crippen MR) is 139 cm³/mol. The minimum Gasteiger partial charge on any atom is -0.350 e. The summed E-state index contributed by atoms with van der Waals surface area (Å²) in [5, 5.41) is 14.9. The third kappa shape index (κ3) is 7.01. The number of hydrogen-bond donors (Lipinski definition) is 4. The van der Waals surface area contributed by atoms with Crippen LogP contribution in [0.3, 0.4) is 0 Å². The summed E-state index contributed by atoms with van der Waals surface area (Å²) in [6.07, 6.45) is 7.11. The third-order valence-electron chi connectivity index (χ3n) is 7.05. The number of aromatic nitrogens is 3.